The van der Waals surface area contributed by atoms with Crippen LogP contribution < -0.4 is 10.5 Å². The highest BCUT2D eigenvalue weighted by molar-refractivity contribution is 5.30. The Morgan fingerprint density at radius 1 is 1.19 bits per heavy atom. The summed E-state index contributed by atoms with van der Waals surface area (Å²) in [5, 5.41) is 0. The van der Waals surface area contributed by atoms with Gasteiger partial charge in [0.25, 0.3) is 0 Å². The van der Waals surface area contributed by atoms with Crippen LogP contribution in [0.1, 0.15) is 0 Å². The predicted molar refractivity (Wildman–Crippen MR) is 52.9 cm³/mol. The fraction of sp³-hybridized carbons (Fsp3) is 0. The number of hydrogen-bond donors (Lipinski definition) is 1. The van der Waals surface area contributed by atoms with Crippen molar-refractivity contribution in [2.75, 3.05) is 5.73 Å². The van der Waals surface area contributed by atoms with E-state index in [2.05, 4.69) is 9.97 Å². The number of nitrogens with two attached hydrogens (primary N) is 1. The molecule has 0 saturated carbocycles. The molecule has 0 fully saturated rings. The zero-order valence-corrected chi connectivity index (χ0v) is 8.02. The van der Waals surface area contributed by atoms with E-state index in [0.717, 1.165) is 18.2 Å². The van der Waals surface area contributed by atoms with Gasteiger partial charge in [0.05, 0.1) is 0 Å². The Bertz CT molecular complexity index is 519. The van der Waals surface area contributed by atoms with Crippen LogP contribution in [0.4, 0.5) is 14.7 Å². The third-order valence-corrected chi connectivity index (χ3v) is 1.76. The van der Waals surface area contributed by atoms with E-state index < -0.39 is 11.6 Å². The van der Waals surface area contributed by atoms with Crippen LogP contribution in [0.5, 0.6) is 11.6 Å². The highest BCUT2D eigenvalue weighted by Crippen LogP contribution is 2.23. The lowest BCUT2D eigenvalue weighted by Crippen LogP contribution is -1.97. The number of nitrogen functional groups attached to an aromatic ring is 1. The van der Waals surface area contributed by atoms with Crippen molar-refractivity contribution in [1.29, 1.82) is 0 Å². The van der Waals surface area contributed by atoms with Gasteiger partial charge in [0, 0.05) is 18.3 Å². The zero-order valence-electron chi connectivity index (χ0n) is 8.02. The highest BCUT2D eigenvalue weighted by atomic mass is 19.1. The molecule has 0 aliphatic rings. The van der Waals surface area contributed by atoms with Gasteiger partial charge in [-0.1, -0.05) is 0 Å². The van der Waals surface area contributed by atoms with E-state index >= 15 is 0 Å². The summed E-state index contributed by atoms with van der Waals surface area (Å²) >= 11 is 0. The van der Waals surface area contributed by atoms with E-state index in [1.54, 1.807) is 0 Å². The Hall–Kier alpha value is -2.24. The first-order valence-electron chi connectivity index (χ1n) is 4.36. The van der Waals surface area contributed by atoms with Crippen molar-refractivity contribution < 1.29 is 13.5 Å². The van der Waals surface area contributed by atoms with Crippen LogP contribution in [0, 0.1) is 11.6 Å². The normalized spacial score (nSPS) is 10.1. The number of hydrogen-bond acceptors (Lipinski definition) is 4. The number of benzene rings is 1. The van der Waals surface area contributed by atoms with Crippen LogP contribution in [-0.4, -0.2) is 9.97 Å². The number of anilines is 1. The first-order chi connectivity index (χ1) is 7.65. The van der Waals surface area contributed by atoms with Gasteiger partial charge >= 0.3 is 0 Å². The first-order valence-corrected chi connectivity index (χ1v) is 4.36. The molecule has 6 heteroatoms. The molecule has 0 spiro atoms. The van der Waals surface area contributed by atoms with Gasteiger partial charge in [-0.15, -0.1) is 0 Å². The van der Waals surface area contributed by atoms with Crippen LogP contribution in [0.3, 0.4) is 0 Å². The standard InChI is InChI=1S/C10H7F2N3O/c11-6-1-2-7(12)8(5-6)16-9-3-4-14-10(13)15-9/h1-5H,(H2,13,14,15). The van der Waals surface area contributed by atoms with E-state index in [-0.39, 0.29) is 17.6 Å². The van der Waals surface area contributed by atoms with E-state index in [1.165, 1.54) is 12.3 Å². The smallest absolute Gasteiger partial charge is 0.224 e. The number of aromatic nitrogens is 2. The second kappa shape index (κ2) is 4.09. The molecule has 16 heavy (non-hydrogen) atoms. The van der Waals surface area contributed by atoms with E-state index in [9.17, 15) is 8.78 Å². The van der Waals surface area contributed by atoms with Crippen molar-refractivity contribution in [3.8, 4) is 11.6 Å². The summed E-state index contributed by atoms with van der Waals surface area (Å²) in [6.07, 6.45) is 1.36. The summed E-state index contributed by atoms with van der Waals surface area (Å²) in [6.45, 7) is 0. The minimum absolute atomic E-state index is 0.00527. The largest absolute Gasteiger partial charge is 0.436 e. The SMILES string of the molecule is Nc1nccc(Oc2cc(F)ccc2F)n1. The second-order valence-corrected chi connectivity index (χ2v) is 2.93. The predicted octanol–water partition coefficient (Wildman–Crippen LogP) is 2.13. The summed E-state index contributed by atoms with van der Waals surface area (Å²) < 4.78 is 31.0. The van der Waals surface area contributed by atoms with Gasteiger partial charge in [-0.2, -0.15) is 4.98 Å². The summed E-state index contributed by atoms with van der Waals surface area (Å²) in [4.78, 5) is 7.33. The Labute approximate surface area is 89.7 Å². The van der Waals surface area contributed by atoms with Gasteiger partial charge in [0.1, 0.15) is 5.82 Å². The Kier molecular flexibility index (Phi) is 2.63. The van der Waals surface area contributed by atoms with Crippen LogP contribution >= 0.6 is 0 Å². The van der Waals surface area contributed by atoms with Crippen molar-refractivity contribution in [2.24, 2.45) is 0 Å². The third-order valence-electron chi connectivity index (χ3n) is 1.76. The molecule has 0 atom stereocenters. The molecule has 0 radical (unpaired) electrons. The van der Waals surface area contributed by atoms with Crippen LogP contribution in [0.2, 0.25) is 0 Å². The molecule has 0 amide bonds. The zero-order chi connectivity index (χ0) is 11.5. The molecular weight excluding hydrogens is 216 g/mol. The molecule has 4 nitrogen and oxygen atoms in total. The average molecular weight is 223 g/mol. The fourth-order valence-corrected chi connectivity index (χ4v) is 1.08. The van der Waals surface area contributed by atoms with Crippen molar-refractivity contribution in [3.63, 3.8) is 0 Å². The first kappa shape index (κ1) is 10.3. The number of halogens is 2. The van der Waals surface area contributed by atoms with E-state index in [1.807, 2.05) is 0 Å². The van der Waals surface area contributed by atoms with E-state index in [4.69, 9.17) is 10.5 Å². The van der Waals surface area contributed by atoms with Crippen molar-refractivity contribution >= 4 is 5.95 Å². The highest BCUT2D eigenvalue weighted by Gasteiger charge is 2.07. The number of ether oxygens (including phenoxy) is 1. The monoisotopic (exact) mass is 223 g/mol. The maximum Gasteiger partial charge on any atom is 0.224 e. The summed E-state index contributed by atoms with van der Waals surface area (Å²) in [5.74, 6) is -1.48. The molecule has 2 aromatic rings. The quantitative estimate of drug-likeness (QED) is 0.847. The van der Waals surface area contributed by atoms with Crippen molar-refractivity contribution in [2.45, 2.75) is 0 Å². The van der Waals surface area contributed by atoms with Gasteiger partial charge in [-0.3, -0.25) is 0 Å². The number of rotatable bonds is 2. The van der Waals surface area contributed by atoms with Crippen LogP contribution in [0.15, 0.2) is 30.5 Å². The lowest BCUT2D eigenvalue weighted by Gasteiger charge is -2.05. The lowest BCUT2D eigenvalue weighted by atomic mass is 10.3. The summed E-state index contributed by atoms with van der Waals surface area (Å²) in [7, 11) is 0. The summed E-state index contributed by atoms with van der Waals surface area (Å²) in [6, 6.07) is 4.28. The van der Waals surface area contributed by atoms with Gasteiger partial charge < -0.3 is 10.5 Å². The third kappa shape index (κ3) is 2.22. The Balaban J connectivity index is 2.30. The van der Waals surface area contributed by atoms with Crippen molar-refractivity contribution in [1.82, 2.24) is 9.97 Å². The molecule has 0 aliphatic carbocycles. The second-order valence-electron chi connectivity index (χ2n) is 2.93. The molecule has 0 bridgehead atoms. The Morgan fingerprint density at radius 2 is 2.00 bits per heavy atom. The molecule has 0 aliphatic heterocycles. The molecule has 0 unspecified atom stereocenters. The van der Waals surface area contributed by atoms with Crippen LogP contribution in [0.25, 0.3) is 0 Å². The molecule has 1 aromatic heterocycles. The Morgan fingerprint density at radius 3 is 2.75 bits per heavy atom. The molecule has 0 saturated heterocycles. The minimum Gasteiger partial charge on any atom is -0.436 e. The molecule has 2 N–H and O–H groups in total. The van der Waals surface area contributed by atoms with Crippen LogP contribution in [-0.2, 0) is 0 Å². The van der Waals surface area contributed by atoms with E-state index in [0.29, 0.717) is 0 Å². The molecular formula is C10H7F2N3O. The molecule has 2 rings (SSSR count). The topological polar surface area (TPSA) is 61.0 Å². The molecule has 82 valence electrons. The maximum absolute atomic E-state index is 13.2. The van der Waals surface area contributed by atoms with Gasteiger partial charge in [-0.05, 0) is 12.1 Å². The van der Waals surface area contributed by atoms with Gasteiger partial charge in [0.15, 0.2) is 11.6 Å². The van der Waals surface area contributed by atoms with Gasteiger partial charge in [0.2, 0.25) is 11.8 Å². The lowest BCUT2D eigenvalue weighted by molar-refractivity contribution is 0.422. The summed E-state index contributed by atoms with van der Waals surface area (Å²) in [5.41, 5.74) is 5.31. The van der Waals surface area contributed by atoms with Crippen molar-refractivity contribution in [3.05, 3.63) is 42.1 Å². The minimum atomic E-state index is -0.682. The fourth-order valence-electron chi connectivity index (χ4n) is 1.08. The number of nitrogens with zero attached hydrogens (tertiary/aromatic N) is 2. The average Bonchev–Trinajstić information content (AvgIpc) is 2.24. The molecule has 1 heterocycles. The molecule has 1 aromatic carbocycles. The maximum atomic E-state index is 13.2. The van der Waals surface area contributed by atoms with Gasteiger partial charge in [-0.25, -0.2) is 13.8 Å².